The Morgan fingerprint density at radius 2 is 1.39 bits per heavy atom. The number of rotatable bonds is 9. The molecular weight excluding hydrogens is 448 g/mol. The number of hydrogen-bond donors (Lipinski definition) is 2. The zero-order valence-electron chi connectivity index (χ0n) is 18.5. The number of nitrogens with one attached hydrogen (secondary N) is 2. The van der Waals surface area contributed by atoms with Crippen LogP contribution in [0.5, 0.6) is 28.7 Å². The van der Waals surface area contributed by atoms with Crippen LogP contribution in [-0.4, -0.2) is 35.7 Å². The van der Waals surface area contributed by atoms with Crippen LogP contribution in [0.3, 0.4) is 0 Å². The Labute approximate surface area is 192 Å². The quantitative estimate of drug-likeness (QED) is 0.478. The predicted octanol–water partition coefficient (Wildman–Crippen LogP) is 4.26. The maximum absolute atomic E-state index is 13.0. The predicted molar refractivity (Wildman–Crippen MR) is 124 cm³/mol. The molecule has 0 aromatic heterocycles. The maximum Gasteiger partial charge on any atom is 0.261 e. The van der Waals surface area contributed by atoms with Gasteiger partial charge in [0.15, 0.2) is 11.5 Å². The monoisotopic (exact) mass is 472 g/mol. The van der Waals surface area contributed by atoms with E-state index in [0.29, 0.717) is 28.7 Å². The Kier molecular flexibility index (Phi) is 7.29. The molecule has 0 aliphatic heterocycles. The van der Waals surface area contributed by atoms with E-state index in [9.17, 15) is 13.2 Å². The highest BCUT2D eigenvalue weighted by Crippen LogP contribution is 2.35. The minimum Gasteiger partial charge on any atom is -0.497 e. The molecule has 0 radical (unpaired) electrons. The van der Waals surface area contributed by atoms with E-state index >= 15 is 0 Å². The van der Waals surface area contributed by atoms with Crippen LogP contribution in [0.4, 0.5) is 11.4 Å². The normalized spacial score (nSPS) is 10.8. The summed E-state index contributed by atoms with van der Waals surface area (Å²) in [5, 5.41) is 2.56. The van der Waals surface area contributed by atoms with Gasteiger partial charge in [-0.1, -0.05) is 0 Å². The molecule has 174 valence electrons. The van der Waals surface area contributed by atoms with Gasteiger partial charge in [0.1, 0.15) is 17.2 Å². The molecule has 10 heteroatoms. The van der Waals surface area contributed by atoms with Crippen LogP contribution in [0.15, 0.2) is 65.6 Å². The summed E-state index contributed by atoms with van der Waals surface area (Å²) < 4.78 is 50.0. The standard InChI is InChI=1S/C23H24N2O7S/c1-15(26)24-20-14-19(10-12-21(20)30-3)33(27,28)25-16-5-11-22(31-4)23(13-16)32-18-8-6-17(29-2)7-9-18/h5-14,25H,1-4H3,(H,24,26). The number of anilines is 2. The molecule has 0 atom stereocenters. The highest BCUT2D eigenvalue weighted by Gasteiger charge is 2.19. The molecule has 0 saturated carbocycles. The van der Waals surface area contributed by atoms with E-state index < -0.39 is 10.0 Å². The summed E-state index contributed by atoms with van der Waals surface area (Å²) in [6.07, 6.45) is 0. The van der Waals surface area contributed by atoms with Gasteiger partial charge in [0, 0.05) is 13.0 Å². The summed E-state index contributed by atoms with van der Waals surface area (Å²) in [4.78, 5) is 11.4. The molecule has 33 heavy (non-hydrogen) atoms. The molecule has 0 fully saturated rings. The molecule has 2 N–H and O–H groups in total. The number of ether oxygens (including phenoxy) is 4. The first-order valence-corrected chi connectivity index (χ1v) is 11.2. The third kappa shape index (κ3) is 5.86. The van der Waals surface area contributed by atoms with Gasteiger partial charge in [0.05, 0.1) is 37.6 Å². The topological polar surface area (TPSA) is 112 Å². The third-order valence-electron chi connectivity index (χ3n) is 4.50. The van der Waals surface area contributed by atoms with Crippen LogP contribution in [0.25, 0.3) is 0 Å². The van der Waals surface area contributed by atoms with Crippen LogP contribution in [0, 0.1) is 0 Å². The molecule has 3 rings (SSSR count). The van der Waals surface area contributed by atoms with Crippen molar-refractivity contribution in [2.45, 2.75) is 11.8 Å². The van der Waals surface area contributed by atoms with Crippen LogP contribution >= 0.6 is 0 Å². The first-order chi connectivity index (χ1) is 15.7. The van der Waals surface area contributed by atoms with Crippen molar-refractivity contribution in [1.82, 2.24) is 0 Å². The summed E-state index contributed by atoms with van der Waals surface area (Å²) in [6.45, 7) is 1.32. The number of amides is 1. The lowest BCUT2D eigenvalue weighted by Crippen LogP contribution is -2.14. The zero-order valence-corrected chi connectivity index (χ0v) is 19.4. The fourth-order valence-electron chi connectivity index (χ4n) is 2.95. The SMILES string of the molecule is COc1ccc(Oc2cc(NS(=O)(=O)c3ccc(OC)c(NC(C)=O)c3)ccc2OC)cc1. The van der Waals surface area contributed by atoms with E-state index in [1.165, 1.54) is 45.4 Å². The summed E-state index contributed by atoms with van der Waals surface area (Å²) in [5.74, 6) is 1.91. The fourth-order valence-corrected chi connectivity index (χ4v) is 4.02. The minimum atomic E-state index is -3.98. The highest BCUT2D eigenvalue weighted by atomic mass is 32.2. The maximum atomic E-state index is 13.0. The Bertz CT molecular complexity index is 1240. The second kappa shape index (κ2) is 10.1. The second-order valence-corrected chi connectivity index (χ2v) is 8.47. The van der Waals surface area contributed by atoms with Gasteiger partial charge in [-0.05, 0) is 54.6 Å². The highest BCUT2D eigenvalue weighted by molar-refractivity contribution is 7.92. The lowest BCUT2D eigenvalue weighted by atomic mass is 10.2. The molecule has 0 saturated heterocycles. The first kappa shape index (κ1) is 23.7. The molecule has 0 bridgehead atoms. The lowest BCUT2D eigenvalue weighted by Gasteiger charge is -2.15. The van der Waals surface area contributed by atoms with E-state index in [2.05, 4.69) is 10.0 Å². The average molecular weight is 473 g/mol. The van der Waals surface area contributed by atoms with Gasteiger partial charge in [-0.2, -0.15) is 0 Å². The van der Waals surface area contributed by atoms with Gasteiger partial charge in [-0.25, -0.2) is 8.42 Å². The van der Waals surface area contributed by atoms with Crippen molar-refractivity contribution in [3.8, 4) is 28.7 Å². The molecule has 0 spiro atoms. The average Bonchev–Trinajstić information content (AvgIpc) is 2.79. The number of sulfonamides is 1. The third-order valence-corrected chi connectivity index (χ3v) is 5.87. The van der Waals surface area contributed by atoms with E-state index in [0.717, 1.165) is 0 Å². The molecular formula is C23H24N2O7S. The van der Waals surface area contributed by atoms with Crippen molar-refractivity contribution in [2.24, 2.45) is 0 Å². The van der Waals surface area contributed by atoms with E-state index in [1.807, 2.05) is 0 Å². The van der Waals surface area contributed by atoms with Gasteiger partial charge in [-0.3, -0.25) is 9.52 Å². The van der Waals surface area contributed by atoms with E-state index in [4.69, 9.17) is 18.9 Å². The Morgan fingerprint density at radius 1 is 0.758 bits per heavy atom. The van der Waals surface area contributed by atoms with Crippen LogP contribution in [-0.2, 0) is 14.8 Å². The summed E-state index contributed by atoms with van der Waals surface area (Å²) >= 11 is 0. The lowest BCUT2D eigenvalue weighted by molar-refractivity contribution is -0.114. The summed E-state index contributed by atoms with van der Waals surface area (Å²) in [5.41, 5.74) is 0.502. The largest absolute Gasteiger partial charge is 0.497 e. The van der Waals surface area contributed by atoms with Crippen molar-refractivity contribution in [3.05, 3.63) is 60.7 Å². The molecule has 1 amide bonds. The number of carbonyl (C=O) groups excluding carboxylic acids is 1. The van der Waals surface area contributed by atoms with Crippen molar-refractivity contribution in [1.29, 1.82) is 0 Å². The van der Waals surface area contributed by atoms with Gasteiger partial charge in [0.25, 0.3) is 10.0 Å². The number of carbonyl (C=O) groups is 1. The second-order valence-electron chi connectivity index (χ2n) is 6.79. The summed E-state index contributed by atoms with van der Waals surface area (Å²) in [6, 6.07) is 15.7. The van der Waals surface area contributed by atoms with Crippen molar-refractivity contribution < 1.29 is 32.2 Å². The molecule has 9 nitrogen and oxygen atoms in total. The first-order valence-electron chi connectivity index (χ1n) is 9.74. The molecule has 0 unspecified atom stereocenters. The van der Waals surface area contributed by atoms with Crippen LogP contribution < -0.4 is 29.0 Å². The van der Waals surface area contributed by atoms with Gasteiger partial charge < -0.3 is 24.3 Å². The van der Waals surface area contributed by atoms with Crippen molar-refractivity contribution in [2.75, 3.05) is 31.4 Å². The van der Waals surface area contributed by atoms with E-state index in [1.54, 1.807) is 43.5 Å². The minimum absolute atomic E-state index is 0.0551. The Morgan fingerprint density at radius 3 is 2.00 bits per heavy atom. The van der Waals surface area contributed by atoms with E-state index in [-0.39, 0.29) is 22.2 Å². The Hall–Kier alpha value is -3.92. The molecule has 0 aliphatic rings. The summed E-state index contributed by atoms with van der Waals surface area (Å²) in [7, 11) is 0.494. The molecule has 3 aromatic carbocycles. The van der Waals surface area contributed by atoms with Crippen LogP contribution in [0.2, 0.25) is 0 Å². The van der Waals surface area contributed by atoms with Gasteiger partial charge in [-0.15, -0.1) is 0 Å². The number of hydrogen-bond acceptors (Lipinski definition) is 7. The number of methoxy groups -OCH3 is 3. The van der Waals surface area contributed by atoms with Gasteiger partial charge >= 0.3 is 0 Å². The molecule has 3 aromatic rings. The van der Waals surface area contributed by atoms with Crippen molar-refractivity contribution in [3.63, 3.8) is 0 Å². The van der Waals surface area contributed by atoms with Crippen LogP contribution in [0.1, 0.15) is 6.92 Å². The molecule has 0 heterocycles. The smallest absolute Gasteiger partial charge is 0.261 e. The van der Waals surface area contributed by atoms with Crippen molar-refractivity contribution >= 4 is 27.3 Å². The zero-order chi connectivity index (χ0) is 24.0. The molecule has 0 aliphatic carbocycles. The number of benzene rings is 3. The Balaban J connectivity index is 1.89. The fraction of sp³-hybridized carbons (Fsp3) is 0.174. The van der Waals surface area contributed by atoms with Gasteiger partial charge in [0.2, 0.25) is 5.91 Å².